The van der Waals surface area contributed by atoms with E-state index in [1.807, 2.05) is 18.2 Å². The fraction of sp³-hybridized carbons (Fsp3) is 0.455. The first-order valence-electron chi connectivity index (χ1n) is 4.69. The third-order valence-corrected chi connectivity index (χ3v) is 3.65. The van der Waals surface area contributed by atoms with Crippen LogP contribution in [0.3, 0.4) is 0 Å². The molecule has 0 heterocycles. The highest BCUT2D eigenvalue weighted by Gasteiger charge is 2.05. The van der Waals surface area contributed by atoms with Crippen molar-refractivity contribution in [3.63, 3.8) is 0 Å². The number of rotatable bonds is 5. The van der Waals surface area contributed by atoms with Crippen LogP contribution >= 0.6 is 31.9 Å². The molecule has 1 rings (SSSR count). The minimum Gasteiger partial charge on any atom is -0.497 e. The molecule has 4 heteroatoms. The predicted molar refractivity (Wildman–Crippen MR) is 69.1 cm³/mol. The first kappa shape index (κ1) is 12.8. The lowest BCUT2D eigenvalue weighted by Crippen LogP contribution is -2.09. The largest absolute Gasteiger partial charge is 0.497 e. The summed E-state index contributed by atoms with van der Waals surface area (Å²) in [7, 11) is 1.65. The number of alkyl halides is 1. The summed E-state index contributed by atoms with van der Waals surface area (Å²) in [4.78, 5) is 0. The summed E-state index contributed by atoms with van der Waals surface area (Å²) in [5, 5.41) is 0.945. The van der Waals surface area contributed by atoms with Gasteiger partial charge in [0.25, 0.3) is 0 Å². The molecule has 0 aliphatic rings. The maximum Gasteiger partial charge on any atom is 0.133 e. The Bertz CT molecular complexity index is 315. The molecule has 0 saturated carbocycles. The van der Waals surface area contributed by atoms with Crippen molar-refractivity contribution in [2.75, 3.05) is 19.0 Å². The van der Waals surface area contributed by atoms with Crippen LogP contribution in [-0.2, 0) is 0 Å². The Morgan fingerprint density at radius 1 is 1.40 bits per heavy atom. The first-order valence-corrected chi connectivity index (χ1v) is 6.61. The second-order valence-corrected chi connectivity index (χ2v) is 4.87. The molecular weight excluding hydrogens is 324 g/mol. The molecule has 0 aromatic heterocycles. The average Bonchev–Trinajstić information content (AvgIpc) is 2.26. The molecule has 0 N–H and O–H groups in total. The lowest BCUT2D eigenvalue weighted by atomic mass is 10.2. The van der Waals surface area contributed by atoms with Gasteiger partial charge < -0.3 is 9.47 Å². The van der Waals surface area contributed by atoms with Gasteiger partial charge in [-0.1, -0.05) is 22.9 Å². The SMILES string of the molecule is COc1ccc(OCC(C)CBr)c(Br)c1. The summed E-state index contributed by atoms with van der Waals surface area (Å²) < 4.78 is 11.7. The monoisotopic (exact) mass is 336 g/mol. The summed E-state index contributed by atoms with van der Waals surface area (Å²) in [5.41, 5.74) is 0. The molecule has 84 valence electrons. The standard InChI is InChI=1S/C11H14Br2O2/c1-8(6-12)7-15-11-4-3-9(14-2)5-10(11)13/h3-5,8H,6-7H2,1-2H3. The van der Waals surface area contributed by atoms with Gasteiger partial charge >= 0.3 is 0 Å². The summed E-state index contributed by atoms with van der Waals surface area (Å²) in [6.07, 6.45) is 0. The molecule has 0 bridgehead atoms. The molecule has 0 radical (unpaired) electrons. The van der Waals surface area contributed by atoms with Crippen molar-refractivity contribution in [3.05, 3.63) is 22.7 Å². The van der Waals surface area contributed by atoms with E-state index in [1.54, 1.807) is 7.11 Å². The van der Waals surface area contributed by atoms with Crippen LogP contribution in [0.25, 0.3) is 0 Å². The van der Waals surface area contributed by atoms with Gasteiger partial charge in [0.1, 0.15) is 11.5 Å². The van der Waals surface area contributed by atoms with Gasteiger partial charge in [-0.3, -0.25) is 0 Å². The molecule has 0 fully saturated rings. The minimum absolute atomic E-state index is 0.499. The van der Waals surface area contributed by atoms with Crippen LogP contribution in [0, 0.1) is 5.92 Å². The summed E-state index contributed by atoms with van der Waals surface area (Å²) in [6.45, 7) is 2.84. The Hall–Kier alpha value is -0.220. The van der Waals surface area contributed by atoms with Gasteiger partial charge in [-0.15, -0.1) is 0 Å². The Balaban J connectivity index is 2.62. The lowest BCUT2D eigenvalue weighted by molar-refractivity contribution is 0.272. The smallest absolute Gasteiger partial charge is 0.133 e. The van der Waals surface area contributed by atoms with Crippen LogP contribution in [0.5, 0.6) is 11.5 Å². The van der Waals surface area contributed by atoms with E-state index in [-0.39, 0.29) is 0 Å². The van der Waals surface area contributed by atoms with Gasteiger partial charge in [0, 0.05) is 5.33 Å². The zero-order valence-corrected chi connectivity index (χ0v) is 12.0. The number of ether oxygens (including phenoxy) is 2. The molecule has 0 aliphatic heterocycles. The molecule has 15 heavy (non-hydrogen) atoms. The molecule has 0 spiro atoms. The Morgan fingerprint density at radius 3 is 2.67 bits per heavy atom. The van der Waals surface area contributed by atoms with E-state index in [1.165, 1.54) is 0 Å². The third-order valence-electron chi connectivity index (χ3n) is 1.93. The number of halogens is 2. The van der Waals surface area contributed by atoms with Crippen LogP contribution in [0.1, 0.15) is 6.92 Å². The highest BCUT2D eigenvalue weighted by Crippen LogP contribution is 2.29. The maximum atomic E-state index is 5.66. The Labute approximate surface area is 107 Å². The van der Waals surface area contributed by atoms with E-state index < -0.39 is 0 Å². The maximum absolute atomic E-state index is 5.66. The number of hydrogen-bond acceptors (Lipinski definition) is 2. The molecule has 0 amide bonds. The van der Waals surface area contributed by atoms with Crippen molar-refractivity contribution in [1.82, 2.24) is 0 Å². The fourth-order valence-electron chi connectivity index (χ4n) is 1.00. The molecule has 1 aromatic carbocycles. The third kappa shape index (κ3) is 4.03. The van der Waals surface area contributed by atoms with E-state index in [4.69, 9.17) is 9.47 Å². The van der Waals surface area contributed by atoms with E-state index in [9.17, 15) is 0 Å². The summed E-state index contributed by atoms with van der Waals surface area (Å²) in [6, 6.07) is 5.69. The van der Waals surface area contributed by atoms with Crippen LogP contribution in [0.2, 0.25) is 0 Å². The molecule has 1 aromatic rings. The molecule has 0 aliphatic carbocycles. The van der Waals surface area contributed by atoms with Gasteiger partial charge in [0.2, 0.25) is 0 Å². The fourth-order valence-corrected chi connectivity index (χ4v) is 1.66. The molecule has 1 unspecified atom stereocenters. The Morgan fingerprint density at radius 2 is 2.13 bits per heavy atom. The van der Waals surface area contributed by atoms with Crippen molar-refractivity contribution >= 4 is 31.9 Å². The van der Waals surface area contributed by atoms with Crippen LogP contribution in [-0.4, -0.2) is 19.0 Å². The zero-order valence-electron chi connectivity index (χ0n) is 8.80. The lowest BCUT2D eigenvalue weighted by Gasteiger charge is -2.12. The predicted octanol–water partition coefficient (Wildman–Crippen LogP) is 3.87. The average molecular weight is 338 g/mol. The van der Waals surface area contributed by atoms with Crippen molar-refractivity contribution in [2.24, 2.45) is 5.92 Å². The van der Waals surface area contributed by atoms with Crippen molar-refractivity contribution in [3.8, 4) is 11.5 Å². The molecule has 1 atom stereocenters. The number of methoxy groups -OCH3 is 1. The van der Waals surface area contributed by atoms with E-state index in [2.05, 4.69) is 38.8 Å². The summed E-state index contributed by atoms with van der Waals surface area (Å²) >= 11 is 6.86. The molecule has 2 nitrogen and oxygen atoms in total. The highest BCUT2D eigenvalue weighted by molar-refractivity contribution is 9.10. The normalized spacial score (nSPS) is 12.3. The van der Waals surface area contributed by atoms with Crippen LogP contribution in [0.15, 0.2) is 22.7 Å². The van der Waals surface area contributed by atoms with Crippen LogP contribution in [0.4, 0.5) is 0 Å². The minimum atomic E-state index is 0.499. The topological polar surface area (TPSA) is 18.5 Å². The van der Waals surface area contributed by atoms with E-state index >= 15 is 0 Å². The summed E-state index contributed by atoms with van der Waals surface area (Å²) in [5.74, 6) is 2.17. The molecule has 0 saturated heterocycles. The highest BCUT2D eigenvalue weighted by atomic mass is 79.9. The second-order valence-electron chi connectivity index (χ2n) is 3.37. The van der Waals surface area contributed by atoms with E-state index in [0.717, 1.165) is 21.3 Å². The Kier molecular flexibility index (Phi) is 5.47. The number of hydrogen-bond donors (Lipinski definition) is 0. The van der Waals surface area contributed by atoms with Crippen molar-refractivity contribution < 1.29 is 9.47 Å². The van der Waals surface area contributed by atoms with Crippen molar-refractivity contribution in [1.29, 1.82) is 0 Å². The van der Waals surface area contributed by atoms with Gasteiger partial charge in [-0.05, 0) is 40.0 Å². The van der Waals surface area contributed by atoms with Gasteiger partial charge in [-0.2, -0.15) is 0 Å². The van der Waals surface area contributed by atoms with Gasteiger partial charge in [0.05, 0.1) is 18.2 Å². The van der Waals surface area contributed by atoms with E-state index in [0.29, 0.717) is 12.5 Å². The van der Waals surface area contributed by atoms with Gasteiger partial charge in [-0.25, -0.2) is 0 Å². The first-order chi connectivity index (χ1) is 7.17. The van der Waals surface area contributed by atoms with Gasteiger partial charge in [0.15, 0.2) is 0 Å². The second kappa shape index (κ2) is 6.38. The zero-order chi connectivity index (χ0) is 11.3. The van der Waals surface area contributed by atoms with Crippen LogP contribution < -0.4 is 9.47 Å². The quantitative estimate of drug-likeness (QED) is 0.759. The molecular formula is C11H14Br2O2. The van der Waals surface area contributed by atoms with Crippen molar-refractivity contribution in [2.45, 2.75) is 6.92 Å². The number of benzene rings is 1.